The summed E-state index contributed by atoms with van der Waals surface area (Å²) in [4.78, 5) is 8.41. The fourth-order valence-electron chi connectivity index (χ4n) is 2.78. The monoisotopic (exact) mass is 273 g/mol. The first-order valence-electron chi connectivity index (χ1n) is 7.19. The normalized spacial score (nSPS) is 22.9. The van der Waals surface area contributed by atoms with E-state index in [1.54, 1.807) is 12.4 Å². The van der Waals surface area contributed by atoms with Gasteiger partial charge in [0.25, 0.3) is 0 Å². The summed E-state index contributed by atoms with van der Waals surface area (Å²) in [5.74, 6) is 1.59. The van der Waals surface area contributed by atoms with E-state index in [1.807, 2.05) is 12.1 Å². The van der Waals surface area contributed by atoms with E-state index in [4.69, 9.17) is 4.52 Å². The van der Waals surface area contributed by atoms with Crippen LogP contribution >= 0.6 is 0 Å². The highest BCUT2D eigenvalue weighted by molar-refractivity contribution is 5.14. The Bertz CT molecular complexity index is 541. The van der Waals surface area contributed by atoms with Gasteiger partial charge in [0.15, 0.2) is 5.82 Å². The highest BCUT2D eigenvalue weighted by Gasteiger charge is 2.25. The number of rotatable bonds is 4. The lowest BCUT2D eigenvalue weighted by Gasteiger charge is -2.26. The summed E-state index contributed by atoms with van der Waals surface area (Å²) in [5.41, 5.74) is 1.12. The van der Waals surface area contributed by atoms with E-state index in [0.29, 0.717) is 24.6 Å². The van der Waals surface area contributed by atoms with Gasteiger partial charge in [0.2, 0.25) is 5.89 Å². The summed E-state index contributed by atoms with van der Waals surface area (Å²) >= 11 is 0. The molecule has 1 aliphatic rings. The molecule has 2 atom stereocenters. The van der Waals surface area contributed by atoms with Crippen LogP contribution in [0.3, 0.4) is 0 Å². The van der Waals surface area contributed by atoms with E-state index >= 15 is 0 Å². The minimum absolute atomic E-state index is 0.223. The van der Waals surface area contributed by atoms with Crippen molar-refractivity contribution in [2.45, 2.75) is 44.6 Å². The number of aliphatic hydroxyl groups excluding tert-OH is 1. The smallest absolute Gasteiger partial charge is 0.227 e. The summed E-state index contributed by atoms with van der Waals surface area (Å²) in [6.07, 6.45) is 8.87. The molecule has 3 rings (SSSR count). The molecule has 0 spiro atoms. The molecule has 2 unspecified atom stereocenters. The fourth-order valence-corrected chi connectivity index (χ4v) is 2.78. The summed E-state index contributed by atoms with van der Waals surface area (Å²) in [6.45, 7) is 0. The number of aliphatic hydroxyl groups is 1. The van der Waals surface area contributed by atoms with Gasteiger partial charge in [0.1, 0.15) is 0 Å². The average Bonchev–Trinajstić information content (AvgIpc) is 2.90. The quantitative estimate of drug-likeness (QED) is 0.924. The maximum absolute atomic E-state index is 9.98. The van der Waals surface area contributed by atoms with Gasteiger partial charge in [0, 0.05) is 25.2 Å². The number of aromatic nitrogens is 3. The van der Waals surface area contributed by atoms with Crippen molar-refractivity contribution in [3.8, 4) is 0 Å². The van der Waals surface area contributed by atoms with Gasteiger partial charge in [-0.25, -0.2) is 0 Å². The SMILES string of the molecule is OC1CCCCC1Cc1nc(Cc2ccncc2)no1. The molecule has 0 aromatic carbocycles. The van der Waals surface area contributed by atoms with Crippen LogP contribution in [0.5, 0.6) is 0 Å². The van der Waals surface area contributed by atoms with Crippen molar-refractivity contribution in [1.82, 2.24) is 15.1 Å². The lowest BCUT2D eigenvalue weighted by molar-refractivity contribution is 0.0657. The third kappa shape index (κ3) is 3.22. The zero-order valence-corrected chi connectivity index (χ0v) is 11.4. The molecular formula is C15H19N3O2. The summed E-state index contributed by atoms with van der Waals surface area (Å²) < 4.78 is 5.30. The lowest BCUT2D eigenvalue weighted by Crippen LogP contribution is -2.26. The van der Waals surface area contributed by atoms with Crippen LogP contribution in [0.4, 0.5) is 0 Å². The summed E-state index contributed by atoms with van der Waals surface area (Å²) in [6, 6.07) is 3.89. The van der Waals surface area contributed by atoms with E-state index < -0.39 is 0 Å². The van der Waals surface area contributed by atoms with Crippen LogP contribution in [0, 0.1) is 5.92 Å². The molecule has 0 amide bonds. The molecular weight excluding hydrogens is 254 g/mol. The first-order valence-corrected chi connectivity index (χ1v) is 7.19. The van der Waals surface area contributed by atoms with Crippen LogP contribution < -0.4 is 0 Å². The topological polar surface area (TPSA) is 72.0 Å². The van der Waals surface area contributed by atoms with Gasteiger partial charge < -0.3 is 9.63 Å². The van der Waals surface area contributed by atoms with Crippen molar-refractivity contribution in [2.24, 2.45) is 5.92 Å². The molecule has 106 valence electrons. The molecule has 1 N–H and O–H groups in total. The third-order valence-corrected chi connectivity index (χ3v) is 3.93. The Hall–Kier alpha value is -1.75. The fraction of sp³-hybridized carbons (Fsp3) is 0.533. The molecule has 0 bridgehead atoms. The predicted molar refractivity (Wildman–Crippen MR) is 73.0 cm³/mol. The van der Waals surface area contributed by atoms with E-state index in [2.05, 4.69) is 15.1 Å². The van der Waals surface area contributed by atoms with Gasteiger partial charge in [-0.3, -0.25) is 4.98 Å². The van der Waals surface area contributed by atoms with Crippen LogP contribution in [0.25, 0.3) is 0 Å². The van der Waals surface area contributed by atoms with Crippen LogP contribution in [0.2, 0.25) is 0 Å². The molecule has 2 aromatic heterocycles. The van der Waals surface area contributed by atoms with Crippen molar-refractivity contribution in [3.05, 3.63) is 41.8 Å². The largest absolute Gasteiger partial charge is 0.393 e. The van der Waals surface area contributed by atoms with Crippen molar-refractivity contribution < 1.29 is 9.63 Å². The Labute approximate surface area is 118 Å². The van der Waals surface area contributed by atoms with Crippen LogP contribution in [-0.2, 0) is 12.8 Å². The highest BCUT2D eigenvalue weighted by Crippen LogP contribution is 2.27. The summed E-state index contributed by atoms with van der Waals surface area (Å²) in [5, 5.41) is 14.0. The Kier molecular flexibility index (Phi) is 4.06. The van der Waals surface area contributed by atoms with Gasteiger partial charge in [-0.05, 0) is 36.5 Å². The zero-order chi connectivity index (χ0) is 13.8. The second-order valence-electron chi connectivity index (χ2n) is 5.45. The second-order valence-corrected chi connectivity index (χ2v) is 5.45. The van der Waals surface area contributed by atoms with Crippen molar-refractivity contribution in [1.29, 1.82) is 0 Å². The van der Waals surface area contributed by atoms with Gasteiger partial charge in [-0.1, -0.05) is 18.0 Å². The van der Waals surface area contributed by atoms with Crippen LogP contribution in [-0.4, -0.2) is 26.3 Å². The van der Waals surface area contributed by atoms with E-state index in [-0.39, 0.29) is 12.0 Å². The molecule has 0 radical (unpaired) electrons. The predicted octanol–water partition coefficient (Wildman–Crippen LogP) is 2.15. The van der Waals surface area contributed by atoms with E-state index in [1.165, 1.54) is 6.42 Å². The van der Waals surface area contributed by atoms with Crippen molar-refractivity contribution in [2.75, 3.05) is 0 Å². The second kappa shape index (κ2) is 6.13. The molecule has 5 nitrogen and oxygen atoms in total. The molecule has 5 heteroatoms. The minimum atomic E-state index is -0.223. The van der Waals surface area contributed by atoms with Crippen LogP contribution in [0.15, 0.2) is 29.0 Å². The molecule has 0 saturated heterocycles. The molecule has 1 fully saturated rings. The van der Waals surface area contributed by atoms with Crippen LogP contribution in [0.1, 0.15) is 43.0 Å². The molecule has 1 saturated carbocycles. The lowest BCUT2D eigenvalue weighted by atomic mass is 9.84. The third-order valence-electron chi connectivity index (χ3n) is 3.93. The molecule has 0 aliphatic heterocycles. The first-order chi connectivity index (χ1) is 9.81. The standard InChI is InChI=1S/C15H19N3O2/c19-13-4-2-1-3-12(13)10-15-17-14(18-20-15)9-11-5-7-16-8-6-11/h5-8,12-13,19H,1-4,9-10H2. The van der Waals surface area contributed by atoms with E-state index in [9.17, 15) is 5.11 Å². The maximum Gasteiger partial charge on any atom is 0.227 e. The minimum Gasteiger partial charge on any atom is -0.393 e. The van der Waals surface area contributed by atoms with Crippen molar-refractivity contribution >= 4 is 0 Å². The van der Waals surface area contributed by atoms with Gasteiger partial charge >= 0.3 is 0 Å². The Morgan fingerprint density at radius 2 is 2.00 bits per heavy atom. The molecule has 1 aliphatic carbocycles. The van der Waals surface area contributed by atoms with Crippen molar-refractivity contribution in [3.63, 3.8) is 0 Å². The molecule has 2 heterocycles. The van der Waals surface area contributed by atoms with Gasteiger partial charge in [-0.2, -0.15) is 4.98 Å². The maximum atomic E-state index is 9.98. The number of hydrogen-bond donors (Lipinski definition) is 1. The number of hydrogen-bond acceptors (Lipinski definition) is 5. The zero-order valence-electron chi connectivity index (χ0n) is 11.4. The van der Waals surface area contributed by atoms with Gasteiger partial charge in [0.05, 0.1) is 6.10 Å². The highest BCUT2D eigenvalue weighted by atomic mass is 16.5. The Balaban J connectivity index is 1.62. The summed E-state index contributed by atoms with van der Waals surface area (Å²) in [7, 11) is 0. The number of pyridine rings is 1. The Morgan fingerprint density at radius 3 is 2.80 bits per heavy atom. The van der Waals surface area contributed by atoms with Gasteiger partial charge in [-0.15, -0.1) is 0 Å². The van der Waals surface area contributed by atoms with E-state index in [0.717, 1.165) is 24.8 Å². The number of nitrogens with zero attached hydrogens (tertiary/aromatic N) is 3. The Morgan fingerprint density at radius 1 is 1.20 bits per heavy atom. The first kappa shape index (κ1) is 13.2. The molecule has 20 heavy (non-hydrogen) atoms. The molecule has 2 aromatic rings. The average molecular weight is 273 g/mol.